The lowest BCUT2D eigenvalue weighted by molar-refractivity contribution is -0.277. The lowest BCUT2D eigenvalue weighted by Gasteiger charge is -2.39. The number of methoxy groups -OCH3 is 1. The Hall–Kier alpha value is -3.06. The van der Waals surface area contributed by atoms with Gasteiger partial charge in [0.25, 0.3) is 0 Å². The fourth-order valence-electron chi connectivity index (χ4n) is 3.96. The van der Waals surface area contributed by atoms with Crippen molar-refractivity contribution >= 4 is 11.6 Å². The molecule has 2 aliphatic rings. The maximum absolute atomic E-state index is 13.2. The highest BCUT2D eigenvalue weighted by molar-refractivity contribution is 6.29. The molecule has 0 saturated carbocycles. The number of phenols is 1. The number of fused-ring (bicyclic) bond motifs is 2. The largest absolute Gasteiger partial charge is 0.507 e. The molecule has 0 radical (unpaired) electrons. The molecule has 1 aliphatic heterocycles. The molecular weight excluding hydrogens is 440 g/mol. The highest BCUT2D eigenvalue weighted by atomic mass is 16.7. The molecule has 0 unspecified atom stereocenters. The second kappa shape index (κ2) is 8.71. The Morgan fingerprint density at radius 2 is 1.67 bits per heavy atom. The van der Waals surface area contributed by atoms with Crippen LogP contribution >= 0.6 is 0 Å². The van der Waals surface area contributed by atoms with Gasteiger partial charge in [0.2, 0.25) is 6.29 Å². The summed E-state index contributed by atoms with van der Waals surface area (Å²) in [6, 6.07) is 5.39. The third-order valence-corrected chi connectivity index (χ3v) is 5.80. The summed E-state index contributed by atoms with van der Waals surface area (Å²) in [5.41, 5.74) is -0.696. The predicted octanol–water partition coefficient (Wildman–Crippen LogP) is -1.15. The molecule has 1 aliphatic carbocycles. The first kappa shape index (κ1) is 23.1. The number of aliphatic hydroxyl groups is 5. The van der Waals surface area contributed by atoms with Crippen LogP contribution in [0.25, 0.3) is 0 Å². The van der Waals surface area contributed by atoms with Gasteiger partial charge in [-0.3, -0.25) is 9.59 Å². The Morgan fingerprint density at radius 3 is 2.30 bits per heavy atom. The van der Waals surface area contributed by atoms with E-state index in [4.69, 9.17) is 14.2 Å². The zero-order valence-electron chi connectivity index (χ0n) is 17.3. The van der Waals surface area contributed by atoms with Gasteiger partial charge in [-0.05, 0) is 24.3 Å². The fourth-order valence-corrected chi connectivity index (χ4v) is 3.96. The van der Waals surface area contributed by atoms with Gasteiger partial charge in [-0.15, -0.1) is 0 Å². The van der Waals surface area contributed by atoms with Crippen LogP contribution in [0.3, 0.4) is 0 Å². The summed E-state index contributed by atoms with van der Waals surface area (Å²) in [5.74, 6) is -1.90. The molecule has 0 spiro atoms. The summed E-state index contributed by atoms with van der Waals surface area (Å²) in [4.78, 5) is 26.2. The number of hydrogen-bond acceptors (Lipinski definition) is 11. The van der Waals surface area contributed by atoms with E-state index in [-0.39, 0.29) is 33.6 Å². The second-order valence-corrected chi connectivity index (χ2v) is 7.67. The molecule has 0 aromatic heterocycles. The third-order valence-electron chi connectivity index (χ3n) is 5.80. The number of hydrogen-bond donors (Lipinski definition) is 6. The molecule has 33 heavy (non-hydrogen) atoms. The smallest absolute Gasteiger partial charge is 0.229 e. The maximum Gasteiger partial charge on any atom is 0.229 e. The summed E-state index contributed by atoms with van der Waals surface area (Å²) >= 11 is 0. The van der Waals surface area contributed by atoms with Gasteiger partial charge in [0.1, 0.15) is 41.7 Å². The minimum Gasteiger partial charge on any atom is -0.507 e. The number of ether oxygens (including phenoxy) is 3. The fraction of sp³-hybridized carbons (Fsp3) is 0.364. The summed E-state index contributed by atoms with van der Waals surface area (Å²) < 4.78 is 15.9. The van der Waals surface area contributed by atoms with Crippen LogP contribution in [0, 0.1) is 0 Å². The van der Waals surface area contributed by atoms with Crippen molar-refractivity contribution < 1.29 is 54.4 Å². The molecule has 11 heteroatoms. The van der Waals surface area contributed by atoms with Crippen molar-refractivity contribution in [3.05, 3.63) is 52.1 Å². The first-order valence-corrected chi connectivity index (χ1v) is 9.97. The van der Waals surface area contributed by atoms with Gasteiger partial charge in [0.15, 0.2) is 11.6 Å². The quantitative estimate of drug-likeness (QED) is 0.269. The Bertz CT molecular complexity index is 1110. The van der Waals surface area contributed by atoms with Gasteiger partial charge in [0, 0.05) is 16.7 Å². The average Bonchev–Trinajstić information content (AvgIpc) is 2.82. The second-order valence-electron chi connectivity index (χ2n) is 7.67. The minimum absolute atomic E-state index is 0.0433. The molecule has 0 amide bonds. The zero-order valence-corrected chi connectivity index (χ0v) is 17.3. The van der Waals surface area contributed by atoms with E-state index in [1.165, 1.54) is 25.3 Å². The van der Waals surface area contributed by atoms with Gasteiger partial charge in [-0.25, -0.2) is 0 Å². The van der Waals surface area contributed by atoms with Crippen LogP contribution in [0.2, 0.25) is 0 Å². The zero-order chi connectivity index (χ0) is 24.0. The molecule has 2 aromatic rings. The molecule has 1 fully saturated rings. The van der Waals surface area contributed by atoms with Gasteiger partial charge in [0.05, 0.1) is 31.5 Å². The molecule has 4 rings (SSSR count). The topological polar surface area (TPSA) is 183 Å². The molecule has 1 saturated heterocycles. The lowest BCUT2D eigenvalue weighted by atomic mass is 9.82. The van der Waals surface area contributed by atoms with Crippen molar-refractivity contribution in [3.63, 3.8) is 0 Å². The van der Waals surface area contributed by atoms with Crippen LogP contribution < -0.4 is 9.47 Å². The highest BCUT2D eigenvalue weighted by Crippen LogP contribution is 2.41. The van der Waals surface area contributed by atoms with E-state index in [0.29, 0.717) is 5.75 Å². The Balaban J connectivity index is 1.78. The van der Waals surface area contributed by atoms with Crippen molar-refractivity contribution in [2.75, 3.05) is 13.7 Å². The molecule has 6 N–H and O–H groups in total. The summed E-state index contributed by atoms with van der Waals surface area (Å²) in [6.07, 6.45) is -8.02. The molecule has 1 heterocycles. The Labute approximate surface area is 187 Å². The van der Waals surface area contributed by atoms with E-state index in [1.54, 1.807) is 0 Å². The molecule has 5 atom stereocenters. The first-order chi connectivity index (χ1) is 15.7. The summed E-state index contributed by atoms with van der Waals surface area (Å²) in [7, 11) is 1.40. The van der Waals surface area contributed by atoms with E-state index < -0.39 is 61.2 Å². The van der Waals surface area contributed by atoms with Crippen molar-refractivity contribution in [2.24, 2.45) is 0 Å². The van der Waals surface area contributed by atoms with Gasteiger partial charge in [-0.1, -0.05) is 0 Å². The first-order valence-electron chi connectivity index (χ1n) is 9.97. The number of carbonyl (C=O) groups excluding carboxylic acids is 2. The Kier molecular flexibility index (Phi) is 6.10. The van der Waals surface area contributed by atoms with Gasteiger partial charge < -0.3 is 44.8 Å². The van der Waals surface area contributed by atoms with Crippen LogP contribution in [0.1, 0.15) is 37.4 Å². The van der Waals surface area contributed by atoms with Crippen LogP contribution in [0.4, 0.5) is 0 Å². The number of aromatic hydroxyl groups is 1. The summed E-state index contributed by atoms with van der Waals surface area (Å²) in [6.45, 7) is -1.50. The highest BCUT2D eigenvalue weighted by Gasteiger charge is 2.45. The normalized spacial score (nSPS) is 26.5. The number of carbonyl (C=O) groups is 2. The van der Waals surface area contributed by atoms with Crippen molar-refractivity contribution in [1.82, 2.24) is 0 Å². The number of benzene rings is 2. The van der Waals surface area contributed by atoms with Crippen LogP contribution in [0.5, 0.6) is 17.2 Å². The van der Waals surface area contributed by atoms with Crippen LogP contribution in [-0.2, 0) is 11.3 Å². The van der Waals surface area contributed by atoms with E-state index >= 15 is 0 Å². The summed E-state index contributed by atoms with van der Waals surface area (Å²) in [5, 5.41) is 60.0. The third kappa shape index (κ3) is 3.64. The van der Waals surface area contributed by atoms with Crippen LogP contribution in [0.15, 0.2) is 24.3 Å². The molecule has 0 bridgehead atoms. The van der Waals surface area contributed by atoms with E-state index in [9.17, 15) is 40.2 Å². The van der Waals surface area contributed by atoms with E-state index in [1.807, 2.05) is 0 Å². The van der Waals surface area contributed by atoms with Crippen molar-refractivity contribution in [1.29, 1.82) is 0 Å². The average molecular weight is 462 g/mol. The van der Waals surface area contributed by atoms with Crippen molar-refractivity contribution in [2.45, 2.75) is 37.3 Å². The molecule has 11 nitrogen and oxygen atoms in total. The number of aliphatic hydroxyl groups excluding tert-OH is 5. The number of ketones is 2. The monoisotopic (exact) mass is 462 g/mol. The molecular formula is C22H22O11. The van der Waals surface area contributed by atoms with E-state index in [0.717, 1.165) is 6.07 Å². The van der Waals surface area contributed by atoms with Crippen LogP contribution in [-0.4, -0.2) is 86.6 Å². The Morgan fingerprint density at radius 1 is 0.939 bits per heavy atom. The maximum atomic E-state index is 13.2. The lowest BCUT2D eigenvalue weighted by Crippen LogP contribution is -2.60. The number of rotatable bonds is 5. The van der Waals surface area contributed by atoms with E-state index in [2.05, 4.69) is 0 Å². The SMILES string of the molecule is COc1ccc2c(c1)C(=O)c1cc(O[C@@H]3O[C@H](CO)[C@@H](O)[C@H](O)[C@H]3O)c(CO)c(O)c1C2=O. The molecule has 176 valence electrons. The van der Waals surface area contributed by atoms with Gasteiger partial charge >= 0.3 is 0 Å². The van der Waals surface area contributed by atoms with Gasteiger partial charge in [-0.2, -0.15) is 0 Å². The standard InChI is InChI=1S/C22H22O11/c1-31-8-2-3-9-10(4-8)16(25)11-5-13(12(6-23)18(27)15(11)17(9)26)32-22-21(30)20(29)19(28)14(7-24)33-22/h2-5,14,19-24,27-30H,6-7H2,1H3/t14-,19-,20+,21-,22-/m1/s1. The predicted molar refractivity (Wildman–Crippen MR) is 108 cm³/mol. The van der Waals surface area contributed by atoms with Crippen molar-refractivity contribution in [3.8, 4) is 17.2 Å². The minimum atomic E-state index is -1.77. The molecule has 2 aromatic carbocycles.